The molecule has 1 aromatic heterocycles. The van der Waals surface area contributed by atoms with Crippen molar-refractivity contribution in [2.75, 3.05) is 11.5 Å². The van der Waals surface area contributed by atoms with Crippen molar-refractivity contribution in [1.29, 1.82) is 0 Å². The molecular formula is C34H27FN2O2. The number of hydrogen-bond donors (Lipinski definition) is 0. The van der Waals surface area contributed by atoms with Gasteiger partial charge in [-0.25, -0.2) is 9.37 Å². The van der Waals surface area contributed by atoms with E-state index in [-0.39, 0.29) is 18.3 Å². The molecule has 0 spiro atoms. The Morgan fingerprint density at radius 1 is 0.718 bits per heavy atom. The predicted molar refractivity (Wildman–Crippen MR) is 153 cm³/mol. The Balaban J connectivity index is 1.45. The zero-order valence-electron chi connectivity index (χ0n) is 21.8. The normalized spacial score (nSPS) is 12.7. The van der Waals surface area contributed by atoms with Gasteiger partial charge in [-0.1, -0.05) is 71.8 Å². The number of ether oxygens (including phenoxy) is 1. The van der Waals surface area contributed by atoms with E-state index in [1.807, 2.05) is 18.2 Å². The number of pyridine rings is 1. The number of carbonyl (C=O) groups is 1. The van der Waals surface area contributed by atoms with Gasteiger partial charge in [-0.3, -0.25) is 4.79 Å². The van der Waals surface area contributed by atoms with Gasteiger partial charge >= 0.3 is 0 Å². The summed E-state index contributed by atoms with van der Waals surface area (Å²) in [7, 11) is 0. The molecule has 0 saturated carbocycles. The molecule has 0 saturated heterocycles. The van der Waals surface area contributed by atoms with E-state index in [0.717, 1.165) is 39.2 Å². The van der Waals surface area contributed by atoms with Crippen molar-refractivity contribution in [2.45, 2.75) is 20.4 Å². The Morgan fingerprint density at radius 2 is 1.31 bits per heavy atom. The van der Waals surface area contributed by atoms with Crippen molar-refractivity contribution in [3.05, 3.63) is 126 Å². The van der Waals surface area contributed by atoms with Gasteiger partial charge in [0, 0.05) is 11.1 Å². The number of nitrogens with zero attached hydrogens (tertiary/aromatic N) is 2. The number of benzene rings is 4. The number of anilines is 1. The smallest absolute Gasteiger partial charge is 0.265 e. The lowest BCUT2D eigenvalue weighted by Crippen LogP contribution is -2.38. The average molecular weight is 515 g/mol. The molecule has 1 aliphatic rings. The monoisotopic (exact) mass is 514 g/mol. The minimum absolute atomic E-state index is 0.0354. The van der Waals surface area contributed by atoms with E-state index < -0.39 is 0 Å². The number of carbonyl (C=O) groups excluding carboxylic acids is 1. The lowest BCUT2D eigenvalue weighted by Gasteiger charge is -2.30. The summed E-state index contributed by atoms with van der Waals surface area (Å²) in [6.45, 7) is 4.43. The molecule has 1 aliphatic heterocycles. The van der Waals surface area contributed by atoms with Crippen molar-refractivity contribution in [3.8, 4) is 39.4 Å². The van der Waals surface area contributed by atoms with Crippen LogP contribution in [0.2, 0.25) is 0 Å². The molecule has 5 aromatic rings. The molecule has 0 bridgehead atoms. The minimum atomic E-state index is -0.307. The van der Waals surface area contributed by atoms with Gasteiger partial charge < -0.3 is 9.64 Å². The third kappa shape index (κ3) is 5.16. The standard InChI is InChI=1S/C34H27FN2O2/c1-22-3-9-25(10-4-22)28-17-30(26-11-5-23(2)6-12-26)36-31(18-28)27-13-16-33-32(19-27)37(34(38)21-39-33)20-24-7-14-29(35)15-8-24/h3-19H,20-21H2,1-2H3. The van der Waals surface area contributed by atoms with Crippen LogP contribution in [-0.4, -0.2) is 17.5 Å². The lowest BCUT2D eigenvalue weighted by molar-refractivity contribution is -0.121. The first-order valence-electron chi connectivity index (χ1n) is 12.9. The third-order valence-electron chi connectivity index (χ3n) is 7.01. The molecule has 0 atom stereocenters. The summed E-state index contributed by atoms with van der Waals surface area (Å²) in [4.78, 5) is 19.7. The number of amides is 1. The van der Waals surface area contributed by atoms with Crippen molar-refractivity contribution in [3.63, 3.8) is 0 Å². The number of rotatable bonds is 5. The third-order valence-corrected chi connectivity index (χ3v) is 7.01. The van der Waals surface area contributed by atoms with Crippen LogP contribution >= 0.6 is 0 Å². The van der Waals surface area contributed by atoms with Crippen LogP contribution < -0.4 is 9.64 Å². The van der Waals surface area contributed by atoms with Crippen LogP contribution in [-0.2, 0) is 11.3 Å². The Kier molecular flexibility index (Phi) is 6.41. The highest BCUT2D eigenvalue weighted by Crippen LogP contribution is 2.38. The van der Waals surface area contributed by atoms with Gasteiger partial charge in [0.25, 0.3) is 5.91 Å². The number of aryl methyl sites for hydroxylation is 2. The summed E-state index contributed by atoms with van der Waals surface area (Å²) in [5.41, 5.74) is 9.64. The van der Waals surface area contributed by atoms with E-state index in [9.17, 15) is 9.18 Å². The Labute approximate surface area is 227 Å². The molecule has 0 fully saturated rings. The van der Waals surface area contributed by atoms with E-state index in [4.69, 9.17) is 9.72 Å². The van der Waals surface area contributed by atoms with E-state index in [2.05, 4.69) is 74.5 Å². The Bertz CT molecular complexity index is 1600. The number of fused-ring (bicyclic) bond motifs is 1. The first kappa shape index (κ1) is 24.6. The van der Waals surface area contributed by atoms with E-state index >= 15 is 0 Å². The second kappa shape index (κ2) is 10.2. The van der Waals surface area contributed by atoms with Gasteiger partial charge in [-0.15, -0.1) is 0 Å². The lowest BCUT2D eigenvalue weighted by atomic mass is 9.98. The molecule has 39 heavy (non-hydrogen) atoms. The molecule has 192 valence electrons. The Morgan fingerprint density at radius 3 is 1.97 bits per heavy atom. The van der Waals surface area contributed by atoms with Gasteiger partial charge in [0.1, 0.15) is 11.6 Å². The summed E-state index contributed by atoms with van der Waals surface area (Å²) >= 11 is 0. The van der Waals surface area contributed by atoms with Gasteiger partial charge in [-0.05, 0) is 73.0 Å². The van der Waals surface area contributed by atoms with Crippen LogP contribution in [0.3, 0.4) is 0 Å². The fourth-order valence-corrected chi connectivity index (χ4v) is 4.77. The van der Waals surface area contributed by atoms with Crippen LogP contribution in [0.15, 0.2) is 103 Å². The van der Waals surface area contributed by atoms with Crippen LogP contribution in [0.25, 0.3) is 33.6 Å². The molecular weight excluding hydrogens is 487 g/mol. The van der Waals surface area contributed by atoms with Gasteiger partial charge in [0.05, 0.1) is 23.6 Å². The molecule has 0 radical (unpaired) electrons. The summed E-state index contributed by atoms with van der Waals surface area (Å²) < 4.78 is 19.2. The fraction of sp³-hybridized carbons (Fsp3) is 0.118. The summed E-state index contributed by atoms with van der Waals surface area (Å²) in [5.74, 6) is 0.179. The van der Waals surface area contributed by atoms with Gasteiger partial charge in [-0.2, -0.15) is 0 Å². The second-order valence-corrected chi connectivity index (χ2v) is 9.94. The fourth-order valence-electron chi connectivity index (χ4n) is 4.77. The highest BCUT2D eigenvalue weighted by molar-refractivity contribution is 5.98. The maximum atomic E-state index is 13.5. The van der Waals surface area contributed by atoms with Gasteiger partial charge in [0.2, 0.25) is 0 Å². The molecule has 0 aliphatic carbocycles. The molecule has 0 N–H and O–H groups in total. The van der Waals surface area contributed by atoms with E-state index in [1.165, 1.54) is 23.3 Å². The van der Waals surface area contributed by atoms with E-state index in [1.54, 1.807) is 17.0 Å². The molecule has 5 heteroatoms. The molecule has 4 nitrogen and oxygen atoms in total. The van der Waals surface area contributed by atoms with Crippen LogP contribution in [0.1, 0.15) is 16.7 Å². The first-order chi connectivity index (χ1) is 18.9. The van der Waals surface area contributed by atoms with Crippen molar-refractivity contribution in [2.24, 2.45) is 0 Å². The van der Waals surface area contributed by atoms with Gasteiger partial charge in [0.15, 0.2) is 6.61 Å². The SMILES string of the molecule is Cc1ccc(-c2cc(-c3ccc(C)cc3)nc(-c3ccc4c(c3)N(Cc3ccc(F)cc3)C(=O)CO4)c2)cc1. The maximum Gasteiger partial charge on any atom is 0.265 e. The Hall–Kier alpha value is -4.77. The average Bonchev–Trinajstić information content (AvgIpc) is 2.96. The van der Waals surface area contributed by atoms with E-state index in [0.29, 0.717) is 18.0 Å². The van der Waals surface area contributed by atoms with Crippen LogP contribution in [0.5, 0.6) is 5.75 Å². The number of hydrogen-bond acceptors (Lipinski definition) is 3. The largest absolute Gasteiger partial charge is 0.482 e. The summed E-state index contributed by atoms with van der Waals surface area (Å²) in [6, 6.07) is 33.0. The predicted octanol–water partition coefficient (Wildman–Crippen LogP) is 7.76. The molecule has 0 unspecified atom stereocenters. The number of halogens is 1. The minimum Gasteiger partial charge on any atom is -0.482 e. The second-order valence-electron chi connectivity index (χ2n) is 9.94. The summed E-state index contributed by atoms with van der Waals surface area (Å²) in [6.07, 6.45) is 0. The topological polar surface area (TPSA) is 42.4 Å². The number of aromatic nitrogens is 1. The molecule has 2 heterocycles. The zero-order chi connectivity index (χ0) is 26.9. The highest BCUT2D eigenvalue weighted by Gasteiger charge is 2.26. The summed E-state index contributed by atoms with van der Waals surface area (Å²) in [5, 5.41) is 0. The highest BCUT2D eigenvalue weighted by atomic mass is 19.1. The quantitative estimate of drug-likeness (QED) is 0.241. The van der Waals surface area contributed by atoms with Crippen LogP contribution in [0, 0.1) is 19.7 Å². The molecule has 1 amide bonds. The maximum absolute atomic E-state index is 13.5. The van der Waals surface area contributed by atoms with Crippen molar-refractivity contribution < 1.29 is 13.9 Å². The molecule has 6 rings (SSSR count). The molecule has 4 aromatic carbocycles. The van der Waals surface area contributed by atoms with Crippen molar-refractivity contribution in [1.82, 2.24) is 4.98 Å². The van der Waals surface area contributed by atoms with Crippen LogP contribution in [0.4, 0.5) is 10.1 Å². The first-order valence-corrected chi connectivity index (χ1v) is 12.9. The zero-order valence-corrected chi connectivity index (χ0v) is 21.8. The van der Waals surface area contributed by atoms with Crippen molar-refractivity contribution >= 4 is 11.6 Å².